The number of rotatable bonds is 4. The smallest absolute Gasteiger partial charge is 0.490 e. The average molecular weight is 498 g/mol. The Morgan fingerprint density at radius 1 is 1.06 bits per heavy atom. The molecule has 0 saturated carbocycles. The van der Waals surface area contributed by atoms with Crippen LogP contribution in [0.15, 0.2) is 89.9 Å². The highest BCUT2D eigenvalue weighted by Crippen LogP contribution is 2.36. The van der Waals surface area contributed by atoms with Gasteiger partial charge in [-0.15, -0.1) is 0 Å². The Hall–Kier alpha value is -4.47. The van der Waals surface area contributed by atoms with Gasteiger partial charge in [-0.2, -0.15) is 13.2 Å². The van der Waals surface area contributed by atoms with Crippen molar-refractivity contribution in [3.63, 3.8) is 0 Å². The molecule has 0 amide bonds. The summed E-state index contributed by atoms with van der Waals surface area (Å²) in [4.78, 5) is 13.9. The maximum atomic E-state index is 10.6. The quantitative estimate of drug-likeness (QED) is 0.512. The van der Waals surface area contributed by atoms with Gasteiger partial charge in [0, 0.05) is 5.56 Å². The number of nitrogens with zero attached hydrogens (tertiary/aromatic N) is 1. The third-order valence-electron chi connectivity index (χ3n) is 5.33. The van der Waals surface area contributed by atoms with E-state index in [-0.39, 0.29) is 12.8 Å². The first kappa shape index (κ1) is 24.6. The molecular formula is C26H21F3N2O5. The Labute approximate surface area is 204 Å². The predicted octanol–water partition coefficient (Wildman–Crippen LogP) is 5.24. The Balaban J connectivity index is 0.000000384. The molecule has 1 atom stereocenters. The van der Waals surface area contributed by atoms with Crippen molar-refractivity contribution in [1.82, 2.24) is 5.32 Å². The third-order valence-corrected chi connectivity index (χ3v) is 5.33. The highest BCUT2D eigenvalue weighted by Gasteiger charge is 2.38. The van der Waals surface area contributed by atoms with Crippen LogP contribution in [0, 0.1) is 0 Å². The number of alkyl halides is 3. The summed E-state index contributed by atoms with van der Waals surface area (Å²) in [6.45, 7) is 0.225. The van der Waals surface area contributed by atoms with Crippen molar-refractivity contribution < 1.29 is 37.3 Å². The summed E-state index contributed by atoms with van der Waals surface area (Å²) in [5, 5.41) is 10.4. The van der Waals surface area contributed by atoms with Crippen LogP contribution in [-0.2, 0) is 14.3 Å². The van der Waals surface area contributed by atoms with E-state index in [1.165, 1.54) is 0 Å². The molecule has 0 bridgehead atoms. The average Bonchev–Trinajstić information content (AvgIpc) is 3.52. The van der Waals surface area contributed by atoms with E-state index in [0.717, 1.165) is 39.4 Å². The van der Waals surface area contributed by atoms with E-state index >= 15 is 0 Å². The first-order valence-electron chi connectivity index (χ1n) is 10.7. The van der Waals surface area contributed by atoms with E-state index in [0.29, 0.717) is 5.88 Å². The molecule has 0 saturated heterocycles. The van der Waals surface area contributed by atoms with Crippen LogP contribution in [-0.4, -0.2) is 37.0 Å². The van der Waals surface area contributed by atoms with Gasteiger partial charge in [-0.3, -0.25) is 4.99 Å². The molecule has 2 aliphatic rings. The highest BCUT2D eigenvalue weighted by molar-refractivity contribution is 6.03. The number of aliphatic carboxylic acids is 1. The summed E-state index contributed by atoms with van der Waals surface area (Å²) < 4.78 is 47.7. The van der Waals surface area contributed by atoms with E-state index < -0.39 is 12.1 Å². The van der Waals surface area contributed by atoms with Crippen molar-refractivity contribution >= 4 is 11.8 Å². The molecule has 10 heteroatoms. The number of halogens is 3. The number of aliphatic imine (C=N–C) groups is 1. The molecule has 0 aliphatic carbocycles. The van der Waals surface area contributed by atoms with Gasteiger partial charge < -0.3 is 24.6 Å². The lowest BCUT2D eigenvalue weighted by Gasteiger charge is -2.12. The zero-order chi connectivity index (χ0) is 25.7. The Morgan fingerprint density at radius 3 is 2.42 bits per heavy atom. The van der Waals surface area contributed by atoms with Crippen LogP contribution >= 0.6 is 0 Å². The lowest BCUT2D eigenvalue weighted by Crippen LogP contribution is -2.22. The Bertz CT molecular complexity index is 1320. The molecule has 0 aromatic heterocycles. The summed E-state index contributed by atoms with van der Waals surface area (Å²) in [7, 11) is 1.68. The Kier molecular flexibility index (Phi) is 7.14. The molecule has 3 aromatic rings. The fourth-order valence-electron chi connectivity index (χ4n) is 3.69. The number of benzene rings is 3. The van der Waals surface area contributed by atoms with E-state index in [2.05, 4.69) is 47.8 Å². The third kappa shape index (κ3) is 5.60. The van der Waals surface area contributed by atoms with Gasteiger partial charge in [-0.25, -0.2) is 4.79 Å². The molecule has 186 valence electrons. The van der Waals surface area contributed by atoms with Crippen molar-refractivity contribution in [2.75, 3.05) is 13.9 Å². The van der Waals surface area contributed by atoms with Gasteiger partial charge in [0.2, 0.25) is 12.7 Å². The van der Waals surface area contributed by atoms with Crippen LogP contribution in [0.5, 0.6) is 5.75 Å². The van der Waals surface area contributed by atoms with Crippen molar-refractivity contribution in [2.24, 2.45) is 4.99 Å². The number of fused-ring (bicyclic) bond motifs is 1. The maximum Gasteiger partial charge on any atom is 0.490 e. The number of hydrogen-bond donors (Lipinski definition) is 2. The fourth-order valence-corrected chi connectivity index (χ4v) is 3.69. The number of carboxylic acids is 1. The van der Waals surface area contributed by atoms with Crippen molar-refractivity contribution in [1.29, 1.82) is 0 Å². The van der Waals surface area contributed by atoms with Crippen LogP contribution < -0.4 is 10.1 Å². The van der Waals surface area contributed by atoms with Gasteiger partial charge in [0.05, 0.1) is 7.11 Å². The largest absolute Gasteiger partial charge is 0.497 e. The second-order valence-corrected chi connectivity index (χ2v) is 7.66. The van der Waals surface area contributed by atoms with E-state index in [9.17, 15) is 13.2 Å². The molecule has 0 fully saturated rings. The molecule has 36 heavy (non-hydrogen) atoms. The summed E-state index contributed by atoms with van der Waals surface area (Å²) in [6.07, 6.45) is -3.51. The molecule has 2 heterocycles. The Morgan fingerprint density at radius 2 is 1.75 bits per heavy atom. The molecule has 7 nitrogen and oxygen atoms in total. The molecule has 5 rings (SSSR count). The minimum absolute atomic E-state index is 0.0813. The summed E-state index contributed by atoms with van der Waals surface area (Å²) in [5.41, 5.74) is 5.61. The molecule has 0 radical (unpaired) electrons. The van der Waals surface area contributed by atoms with Crippen LogP contribution in [0.1, 0.15) is 22.7 Å². The van der Waals surface area contributed by atoms with Gasteiger partial charge in [0.1, 0.15) is 23.9 Å². The molecule has 0 spiro atoms. The van der Waals surface area contributed by atoms with Crippen molar-refractivity contribution in [2.45, 2.75) is 12.2 Å². The second kappa shape index (κ2) is 10.4. The summed E-state index contributed by atoms with van der Waals surface area (Å²) >= 11 is 0. The molecule has 3 aromatic carbocycles. The molecule has 2 N–H and O–H groups in total. The lowest BCUT2D eigenvalue weighted by atomic mass is 9.94. The highest BCUT2D eigenvalue weighted by atomic mass is 19.4. The topological polar surface area (TPSA) is 89.4 Å². The number of hydrogen-bond acceptors (Lipinski definition) is 6. The van der Waals surface area contributed by atoms with E-state index in [1.807, 2.05) is 30.3 Å². The van der Waals surface area contributed by atoms with Gasteiger partial charge >= 0.3 is 12.1 Å². The number of amidine groups is 1. The molecular weight excluding hydrogens is 477 g/mol. The number of ether oxygens (including phenoxy) is 3. The van der Waals surface area contributed by atoms with Gasteiger partial charge in [0.15, 0.2) is 0 Å². The first-order chi connectivity index (χ1) is 17.3. The second-order valence-electron chi connectivity index (χ2n) is 7.66. The SMILES string of the molecule is COc1cccc(-c2cccc(C3N=C(NC4=COCO4)c4ccccc43)c2)c1.O=C(O)C(F)(F)F. The van der Waals surface area contributed by atoms with Gasteiger partial charge in [-0.05, 0) is 40.5 Å². The first-order valence-corrected chi connectivity index (χ1v) is 10.7. The monoisotopic (exact) mass is 498 g/mol. The van der Waals surface area contributed by atoms with Crippen molar-refractivity contribution in [3.8, 4) is 16.9 Å². The summed E-state index contributed by atoms with van der Waals surface area (Å²) in [5.74, 6) is -0.554. The standard InChI is InChI=1S/C24H20N2O3.C2HF3O2/c1-27-19-9-5-7-17(13-19)16-6-4-8-18(12-16)23-20-10-2-3-11-21(20)24(26-23)25-22-14-28-15-29-22;3-2(4,5)1(6)7/h2-14,23H,15H2,1H3,(H,25,26);(H,6,7). The minimum atomic E-state index is -5.08. The van der Waals surface area contributed by atoms with E-state index in [1.54, 1.807) is 13.4 Å². The van der Waals surface area contributed by atoms with Gasteiger partial charge in [0.25, 0.3) is 0 Å². The van der Waals surface area contributed by atoms with Crippen LogP contribution in [0.25, 0.3) is 11.1 Å². The van der Waals surface area contributed by atoms with Crippen LogP contribution in [0.3, 0.4) is 0 Å². The number of carboxylic acid groups (broad SMARTS) is 1. The normalized spacial score (nSPS) is 15.8. The van der Waals surface area contributed by atoms with Gasteiger partial charge in [-0.1, -0.05) is 54.6 Å². The maximum absolute atomic E-state index is 10.6. The minimum Gasteiger partial charge on any atom is -0.497 e. The fraction of sp³-hybridized carbons (Fsp3) is 0.154. The molecule has 1 unspecified atom stereocenters. The number of carbonyl (C=O) groups is 1. The van der Waals surface area contributed by atoms with Crippen LogP contribution in [0.4, 0.5) is 13.2 Å². The molecule has 2 aliphatic heterocycles. The van der Waals surface area contributed by atoms with E-state index in [4.69, 9.17) is 29.1 Å². The van der Waals surface area contributed by atoms with Crippen molar-refractivity contribution in [3.05, 3.63) is 102 Å². The zero-order valence-corrected chi connectivity index (χ0v) is 19.0. The van der Waals surface area contributed by atoms with Crippen LogP contribution in [0.2, 0.25) is 0 Å². The summed E-state index contributed by atoms with van der Waals surface area (Å²) in [6, 6.07) is 24.8. The number of methoxy groups -OCH3 is 1. The number of nitrogens with one attached hydrogen (secondary N) is 1. The predicted molar refractivity (Wildman–Crippen MR) is 125 cm³/mol. The lowest BCUT2D eigenvalue weighted by molar-refractivity contribution is -0.192. The zero-order valence-electron chi connectivity index (χ0n) is 19.0.